The lowest BCUT2D eigenvalue weighted by atomic mass is 10.0. The Labute approximate surface area is 144 Å². The number of carbonyl (C=O) groups excluding carboxylic acids is 2. The van der Waals surface area contributed by atoms with Crippen LogP contribution in [0.5, 0.6) is 0 Å². The van der Waals surface area contributed by atoms with Crippen LogP contribution >= 0.6 is 23.2 Å². The summed E-state index contributed by atoms with van der Waals surface area (Å²) in [5.41, 5.74) is -1.14. The number of rotatable bonds is 5. The number of halogens is 5. The van der Waals surface area contributed by atoms with E-state index in [1.807, 2.05) is 0 Å². The highest BCUT2D eigenvalue weighted by molar-refractivity contribution is 6.33. The Balaban J connectivity index is 2.10. The minimum absolute atomic E-state index is 0.170. The van der Waals surface area contributed by atoms with Crippen LogP contribution in [-0.4, -0.2) is 21.5 Å². The molecular formula is C15H9Cl2F3N2O2. The Kier molecular flexibility index (Phi) is 5.56. The lowest BCUT2D eigenvalue weighted by Crippen LogP contribution is -2.14. The quantitative estimate of drug-likeness (QED) is 0.446. The molecule has 0 spiro atoms. The fraction of sp³-hybridized carbons (Fsp3) is 0.200. The average molecular weight is 377 g/mol. The molecule has 0 N–H and O–H groups in total. The molecule has 126 valence electrons. The SMILES string of the molecule is O=C(CC(=O)c1ccc(C(F)(F)F)nc1Cl)Cc1ncccc1Cl. The van der Waals surface area contributed by atoms with Crippen molar-refractivity contribution in [3.05, 3.63) is 57.6 Å². The molecule has 0 bridgehead atoms. The van der Waals surface area contributed by atoms with E-state index in [1.54, 1.807) is 12.1 Å². The summed E-state index contributed by atoms with van der Waals surface area (Å²) in [4.78, 5) is 31.0. The zero-order valence-corrected chi connectivity index (χ0v) is 13.4. The highest BCUT2D eigenvalue weighted by atomic mass is 35.5. The van der Waals surface area contributed by atoms with E-state index in [4.69, 9.17) is 23.2 Å². The van der Waals surface area contributed by atoms with Gasteiger partial charge >= 0.3 is 6.18 Å². The maximum Gasteiger partial charge on any atom is 0.433 e. The Bertz CT molecular complexity index is 795. The predicted molar refractivity (Wildman–Crippen MR) is 81.2 cm³/mol. The van der Waals surface area contributed by atoms with E-state index < -0.39 is 35.0 Å². The summed E-state index contributed by atoms with van der Waals surface area (Å²) in [5.74, 6) is -1.21. The first-order chi connectivity index (χ1) is 11.2. The third-order valence-corrected chi connectivity index (χ3v) is 3.63. The second-order valence-corrected chi connectivity index (χ2v) is 5.55. The Hall–Kier alpha value is -1.99. The van der Waals surface area contributed by atoms with Gasteiger partial charge in [0.15, 0.2) is 5.78 Å². The molecule has 2 aromatic rings. The van der Waals surface area contributed by atoms with E-state index in [0.717, 1.165) is 6.07 Å². The summed E-state index contributed by atoms with van der Waals surface area (Å²) in [6.07, 6.45) is -3.93. The zero-order valence-electron chi connectivity index (χ0n) is 11.9. The van der Waals surface area contributed by atoms with Gasteiger partial charge in [0.1, 0.15) is 16.6 Å². The largest absolute Gasteiger partial charge is 0.433 e. The minimum Gasteiger partial charge on any atom is -0.299 e. The van der Waals surface area contributed by atoms with E-state index in [-0.39, 0.29) is 17.0 Å². The Morgan fingerprint density at radius 2 is 1.83 bits per heavy atom. The standard InChI is InChI=1S/C15H9Cl2F3N2O2/c16-10-2-1-5-21-11(10)6-8(23)7-12(24)9-3-4-13(15(18,19)20)22-14(9)17/h1-5H,6-7H2. The average Bonchev–Trinajstić information content (AvgIpc) is 2.48. The van der Waals surface area contributed by atoms with Crippen molar-refractivity contribution in [1.29, 1.82) is 0 Å². The molecule has 0 radical (unpaired) electrons. The van der Waals surface area contributed by atoms with Crippen LogP contribution < -0.4 is 0 Å². The van der Waals surface area contributed by atoms with Crippen molar-refractivity contribution in [3.8, 4) is 0 Å². The van der Waals surface area contributed by atoms with Gasteiger partial charge in [0.2, 0.25) is 0 Å². The third-order valence-electron chi connectivity index (χ3n) is 3.00. The first-order valence-electron chi connectivity index (χ1n) is 6.56. The molecule has 0 saturated carbocycles. The Morgan fingerprint density at radius 3 is 2.42 bits per heavy atom. The number of pyridine rings is 2. The van der Waals surface area contributed by atoms with Crippen LogP contribution in [0.1, 0.15) is 28.2 Å². The number of nitrogens with zero attached hydrogens (tertiary/aromatic N) is 2. The summed E-state index contributed by atoms with van der Waals surface area (Å²) in [7, 11) is 0. The van der Waals surface area contributed by atoms with Crippen molar-refractivity contribution in [2.24, 2.45) is 0 Å². The van der Waals surface area contributed by atoms with Crippen LogP contribution in [0.25, 0.3) is 0 Å². The molecule has 4 nitrogen and oxygen atoms in total. The number of ketones is 2. The van der Waals surface area contributed by atoms with Gasteiger partial charge in [0.25, 0.3) is 0 Å². The van der Waals surface area contributed by atoms with Crippen molar-refractivity contribution < 1.29 is 22.8 Å². The van der Waals surface area contributed by atoms with Gasteiger partial charge in [-0.05, 0) is 24.3 Å². The van der Waals surface area contributed by atoms with Crippen molar-refractivity contribution in [2.75, 3.05) is 0 Å². The highest BCUT2D eigenvalue weighted by Crippen LogP contribution is 2.29. The van der Waals surface area contributed by atoms with Crippen molar-refractivity contribution in [1.82, 2.24) is 9.97 Å². The van der Waals surface area contributed by atoms with Gasteiger partial charge in [-0.15, -0.1) is 0 Å². The monoisotopic (exact) mass is 376 g/mol. The highest BCUT2D eigenvalue weighted by Gasteiger charge is 2.33. The van der Waals surface area contributed by atoms with Crippen LogP contribution in [0, 0.1) is 0 Å². The van der Waals surface area contributed by atoms with Crippen molar-refractivity contribution in [2.45, 2.75) is 19.0 Å². The van der Waals surface area contributed by atoms with Gasteiger partial charge in [-0.2, -0.15) is 13.2 Å². The molecule has 2 heterocycles. The summed E-state index contributed by atoms with van der Waals surface area (Å²) >= 11 is 11.5. The van der Waals surface area contributed by atoms with E-state index >= 15 is 0 Å². The summed E-state index contributed by atoms with van der Waals surface area (Å²) in [6.45, 7) is 0. The van der Waals surface area contributed by atoms with Gasteiger partial charge in [-0.3, -0.25) is 14.6 Å². The molecule has 0 atom stereocenters. The molecule has 0 aliphatic carbocycles. The molecule has 0 fully saturated rings. The van der Waals surface area contributed by atoms with E-state index in [2.05, 4.69) is 9.97 Å². The molecule has 0 amide bonds. The fourth-order valence-electron chi connectivity index (χ4n) is 1.87. The molecule has 2 aromatic heterocycles. The minimum atomic E-state index is -4.67. The number of alkyl halides is 3. The maximum atomic E-state index is 12.5. The molecule has 9 heteroatoms. The predicted octanol–water partition coefficient (Wildman–Crippen LogP) is 4.19. The number of carbonyl (C=O) groups is 2. The molecular weight excluding hydrogens is 368 g/mol. The molecule has 0 aliphatic heterocycles. The van der Waals surface area contributed by atoms with E-state index in [0.29, 0.717) is 11.8 Å². The number of aromatic nitrogens is 2. The Morgan fingerprint density at radius 1 is 1.12 bits per heavy atom. The maximum absolute atomic E-state index is 12.5. The molecule has 0 aromatic carbocycles. The summed E-state index contributed by atoms with van der Waals surface area (Å²) < 4.78 is 37.5. The van der Waals surface area contributed by atoms with Crippen LogP contribution in [0.15, 0.2) is 30.5 Å². The smallest absolute Gasteiger partial charge is 0.299 e. The van der Waals surface area contributed by atoms with Gasteiger partial charge in [-0.25, -0.2) is 4.98 Å². The van der Waals surface area contributed by atoms with Crippen LogP contribution in [0.3, 0.4) is 0 Å². The summed E-state index contributed by atoms with van der Waals surface area (Å²) in [6, 6.07) is 4.69. The molecule has 0 unspecified atom stereocenters. The second kappa shape index (κ2) is 7.27. The van der Waals surface area contributed by atoms with Gasteiger partial charge in [0, 0.05) is 6.20 Å². The van der Waals surface area contributed by atoms with Crippen LogP contribution in [-0.2, 0) is 17.4 Å². The topological polar surface area (TPSA) is 59.9 Å². The summed E-state index contributed by atoms with van der Waals surface area (Å²) in [5, 5.41) is -0.314. The molecule has 0 saturated heterocycles. The van der Waals surface area contributed by atoms with Crippen LogP contribution in [0.2, 0.25) is 10.2 Å². The molecule has 2 rings (SSSR count). The van der Waals surface area contributed by atoms with Crippen LogP contribution in [0.4, 0.5) is 13.2 Å². The number of Topliss-reactive ketones (excluding diaryl/α,β-unsaturated/α-hetero) is 2. The lowest BCUT2D eigenvalue weighted by Gasteiger charge is -2.08. The first kappa shape index (κ1) is 18.4. The normalized spacial score (nSPS) is 11.4. The number of hydrogen-bond acceptors (Lipinski definition) is 4. The van der Waals surface area contributed by atoms with E-state index in [1.165, 1.54) is 6.20 Å². The van der Waals surface area contributed by atoms with Gasteiger partial charge in [-0.1, -0.05) is 23.2 Å². The fourth-order valence-corrected chi connectivity index (χ4v) is 2.32. The van der Waals surface area contributed by atoms with Crippen molar-refractivity contribution in [3.63, 3.8) is 0 Å². The third kappa shape index (κ3) is 4.52. The molecule has 24 heavy (non-hydrogen) atoms. The first-order valence-corrected chi connectivity index (χ1v) is 7.32. The van der Waals surface area contributed by atoms with E-state index in [9.17, 15) is 22.8 Å². The van der Waals surface area contributed by atoms with Crippen molar-refractivity contribution >= 4 is 34.8 Å². The zero-order chi connectivity index (χ0) is 17.9. The second-order valence-electron chi connectivity index (χ2n) is 4.78. The van der Waals surface area contributed by atoms with Gasteiger partial charge in [0.05, 0.1) is 29.1 Å². The van der Waals surface area contributed by atoms with Gasteiger partial charge < -0.3 is 0 Å². The number of hydrogen-bond donors (Lipinski definition) is 0. The molecule has 0 aliphatic rings. The lowest BCUT2D eigenvalue weighted by molar-refractivity contribution is -0.141.